The van der Waals surface area contributed by atoms with Gasteiger partial charge in [-0.2, -0.15) is 0 Å². The molecule has 1 aromatic heterocycles. The van der Waals surface area contributed by atoms with E-state index in [1.165, 1.54) is 0 Å². The third-order valence-electron chi connectivity index (χ3n) is 4.25. The lowest BCUT2D eigenvalue weighted by atomic mass is 9.97. The molecule has 3 atom stereocenters. The Bertz CT molecular complexity index is 491. The average Bonchev–Trinajstić information content (AvgIpc) is 3.04. The summed E-state index contributed by atoms with van der Waals surface area (Å²) in [6, 6.07) is -0.948. The van der Waals surface area contributed by atoms with E-state index in [2.05, 4.69) is 22.6 Å². The van der Waals surface area contributed by atoms with Crippen LogP contribution in [0, 0.1) is 5.92 Å². The molecule has 0 spiro atoms. The molecule has 4 N–H and O–H groups in total. The number of carbonyl (C=O) groups is 1. The van der Waals surface area contributed by atoms with Gasteiger partial charge in [0.1, 0.15) is 11.7 Å². The van der Waals surface area contributed by atoms with Gasteiger partial charge in [-0.05, 0) is 5.92 Å². The molecule has 1 aliphatic heterocycles. The van der Waals surface area contributed by atoms with Crippen LogP contribution in [0.5, 0.6) is 0 Å². The minimum absolute atomic E-state index is 0. The van der Waals surface area contributed by atoms with Gasteiger partial charge in [-0.25, -0.2) is 4.68 Å². The summed E-state index contributed by atoms with van der Waals surface area (Å²) in [6.45, 7) is 6.96. The topological polar surface area (TPSA) is 109 Å². The van der Waals surface area contributed by atoms with Crippen LogP contribution in [-0.4, -0.2) is 63.7 Å². The van der Waals surface area contributed by atoms with Crippen molar-refractivity contribution in [3.63, 3.8) is 0 Å². The van der Waals surface area contributed by atoms with Crippen molar-refractivity contribution in [2.24, 2.45) is 11.7 Å². The molecule has 23 heavy (non-hydrogen) atoms. The number of carbonyl (C=O) groups excluding carboxylic acids is 1. The first-order chi connectivity index (χ1) is 10.6. The second kappa shape index (κ2) is 9.17. The van der Waals surface area contributed by atoms with Crippen molar-refractivity contribution in [1.29, 1.82) is 0 Å². The van der Waals surface area contributed by atoms with E-state index in [0.29, 0.717) is 18.8 Å². The number of aliphatic hydroxyl groups is 1. The number of nitrogens with zero attached hydrogens (tertiary/aromatic N) is 4. The maximum atomic E-state index is 12.9. The third kappa shape index (κ3) is 4.63. The smallest absolute Gasteiger partial charge is 0.247 e. The van der Waals surface area contributed by atoms with Gasteiger partial charge < -0.3 is 21.1 Å². The molecule has 1 saturated heterocycles. The molecule has 8 nitrogen and oxygen atoms in total. The molecule has 2 rings (SSSR count). The van der Waals surface area contributed by atoms with E-state index < -0.39 is 6.04 Å². The van der Waals surface area contributed by atoms with Crippen molar-refractivity contribution in [2.75, 3.05) is 32.8 Å². The zero-order valence-corrected chi connectivity index (χ0v) is 14.5. The van der Waals surface area contributed by atoms with Crippen molar-refractivity contribution < 1.29 is 9.90 Å². The van der Waals surface area contributed by atoms with Crippen molar-refractivity contribution >= 4 is 18.3 Å². The van der Waals surface area contributed by atoms with E-state index in [1.54, 1.807) is 10.9 Å². The van der Waals surface area contributed by atoms with Crippen molar-refractivity contribution in [3.8, 4) is 0 Å². The predicted octanol–water partition coefficient (Wildman–Crippen LogP) is -0.289. The number of piperazine rings is 1. The molecule has 0 saturated carbocycles. The second-order valence-corrected chi connectivity index (χ2v) is 5.82. The van der Waals surface area contributed by atoms with Crippen LogP contribution in [0.15, 0.2) is 6.20 Å². The van der Waals surface area contributed by atoms with Gasteiger partial charge in [-0.15, -0.1) is 17.5 Å². The van der Waals surface area contributed by atoms with Gasteiger partial charge in [-0.3, -0.25) is 4.79 Å². The fourth-order valence-electron chi connectivity index (χ4n) is 2.60. The van der Waals surface area contributed by atoms with E-state index in [0.717, 1.165) is 19.5 Å². The lowest BCUT2D eigenvalue weighted by Gasteiger charge is -2.32. The normalized spacial score (nSPS) is 18.9. The predicted molar refractivity (Wildman–Crippen MR) is 89.2 cm³/mol. The van der Waals surface area contributed by atoms with Crippen LogP contribution in [-0.2, 0) is 4.79 Å². The van der Waals surface area contributed by atoms with Crippen LogP contribution in [0.4, 0.5) is 0 Å². The number of rotatable bonds is 6. The van der Waals surface area contributed by atoms with Gasteiger partial charge in [0.15, 0.2) is 0 Å². The fourth-order valence-corrected chi connectivity index (χ4v) is 2.60. The zero-order valence-electron chi connectivity index (χ0n) is 13.7. The summed E-state index contributed by atoms with van der Waals surface area (Å²) < 4.78 is 1.60. The van der Waals surface area contributed by atoms with Crippen molar-refractivity contribution in [1.82, 2.24) is 25.2 Å². The molecule has 1 aromatic rings. The number of aromatic nitrogens is 3. The molecule has 0 aliphatic carbocycles. The fraction of sp³-hybridized carbons (Fsp3) is 0.786. The monoisotopic (exact) mass is 346 g/mol. The molecule has 0 bridgehead atoms. The molecule has 1 fully saturated rings. The first-order valence-electron chi connectivity index (χ1n) is 7.86. The summed E-state index contributed by atoms with van der Waals surface area (Å²) in [5, 5.41) is 20.4. The minimum Gasteiger partial charge on any atom is -0.394 e. The number of halogens is 1. The SMILES string of the molecule is CC[C@H](C)[C@@H](C(=O)N1CCNCC1)n1cc([C@@H](N)CO)nn1.Cl. The van der Waals surface area contributed by atoms with Crippen LogP contribution >= 0.6 is 12.4 Å². The maximum Gasteiger partial charge on any atom is 0.247 e. The van der Waals surface area contributed by atoms with E-state index in [9.17, 15) is 4.79 Å². The first kappa shape index (κ1) is 19.8. The Labute approximate surface area is 142 Å². The highest BCUT2D eigenvalue weighted by atomic mass is 35.5. The van der Waals surface area contributed by atoms with Crippen LogP contribution in [0.25, 0.3) is 0 Å². The molecular weight excluding hydrogens is 320 g/mol. The van der Waals surface area contributed by atoms with Gasteiger partial charge in [-0.1, -0.05) is 25.5 Å². The van der Waals surface area contributed by atoms with Gasteiger partial charge >= 0.3 is 0 Å². The number of hydrogen-bond acceptors (Lipinski definition) is 6. The summed E-state index contributed by atoms with van der Waals surface area (Å²) in [5.41, 5.74) is 6.27. The van der Waals surface area contributed by atoms with E-state index in [-0.39, 0.29) is 36.9 Å². The standard InChI is InChI=1S/C14H26N6O2.ClH/c1-3-10(2)13(14(22)19-6-4-16-5-7-19)20-8-12(17-18-20)11(15)9-21;/h8,10-11,13,16,21H,3-7,9,15H2,1-2H3;1H/t10-,11-,13-;/m0./s1. The van der Waals surface area contributed by atoms with E-state index in [1.807, 2.05) is 11.8 Å². The molecule has 0 aromatic carbocycles. The zero-order chi connectivity index (χ0) is 16.1. The molecule has 132 valence electrons. The van der Waals surface area contributed by atoms with Crippen LogP contribution < -0.4 is 11.1 Å². The van der Waals surface area contributed by atoms with E-state index in [4.69, 9.17) is 10.8 Å². The van der Waals surface area contributed by atoms with Crippen LogP contribution in [0.3, 0.4) is 0 Å². The Morgan fingerprint density at radius 1 is 1.48 bits per heavy atom. The average molecular weight is 347 g/mol. The number of nitrogens with two attached hydrogens (primary N) is 1. The number of amides is 1. The van der Waals surface area contributed by atoms with Gasteiger partial charge in [0.05, 0.1) is 18.8 Å². The summed E-state index contributed by atoms with van der Waals surface area (Å²) in [6.07, 6.45) is 2.54. The highest BCUT2D eigenvalue weighted by Gasteiger charge is 2.32. The number of aliphatic hydroxyl groups excluding tert-OH is 1. The van der Waals surface area contributed by atoms with Crippen molar-refractivity contribution in [2.45, 2.75) is 32.4 Å². The third-order valence-corrected chi connectivity index (χ3v) is 4.25. The number of hydrogen-bond donors (Lipinski definition) is 3. The largest absolute Gasteiger partial charge is 0.394 e. The second-order valence-electron chi connectivity index (χ2n) is 5.82. The Morgan fingerprint density at radius 3 is 2.70 bits per heavy atom. The van der Waals surface area contributed by atoms with Crippen LogP contribution in [0.1, 0.15) is 38.0 Å². The quantitative estimate of drug-likeness (QED) is 0.653. The molecule has 2 heterocycles. The summed E-state index contributed by atoms with van der Waals surface area (Å²) in [4.78, 5) is 14.8. The summed E-state index contributed by atoms with van der Waals surface area (Å²) in [7, 11) is 0. The Hall–Kier alpha value is -1.22. The number of nitrogens with one attached hydrogen (secondary N) is 1. The van der Waals surface area contributed by atoms with Gasteiger partial charge in [0, 0.05) is 26.2 Å². The molecule has 1 aliphatic rings. The van der Waals surface area contributed by atoms with Crippen LogP contribution in [0.2, 0.25) is 0 Å². The Balaban J connectivity index is 0.00000264. The highest BCUT2D eigenvalue weighted by Crippen LogP contribution is 2.24. The lowest BCUT2D eigenvalue weighted by Crippen LogP contribution is -2.49. The maximum absolute atomic E-state index is 12.9. The molecule has 0 radical (unpaired) electrons. The molecule has 1 amide bonds. The Kier molecular flexibility index (Phi) is 7.90. The highest BCUT2D eigenvalue weighted by molar-refractivity contribution is 5.85. The minimum atomic E-state index is -0.569. The molecule has 0 unspecified atom stereocenters. The first-order valence-corrected chi connectivity index (χ1v) is 7.86. The van der Waals surface area contributed by atoms with Gasteiger partial charge in [0.2, 0.25) is 5.91 Å². The lowest BCUT2D eigenvalue weighted by molar-refractivity contribution is -0.137. The molecule has 9 heteroatoms. The Morgan fingerprint density at radius 2 is 2.13 bits per heavy atom. The summed E-state index contributed by atoms with van der Waals surface area (Å²) in [5.74, 6) is 0.215. The van der Waals surface area contributed by atoms with Crippen molar-refractivity contribution in [3.05, 3.63) is 11.9 Å². The van der Waals surface area contributed by atoms with Gasteiger partial charge in [0.25, 0.3) is 0 Å². The summed E-state index contributed by atoms with van der Waals surface area (Å²) >= 11 is 0. The molecular formula is C14H27ClN6O2. The van der Waals surface area contributed by atoms with E-state index >= 15 is 0 Å².